The number of carbonyl (C=O) groups excluding carboxylic acids is 1. The molecule has 4 heteroatoms. The van der Waals surface area contributed by atoms with Gasteiger partial charge >= 0.3 is 0 Å². The van der Waals surface area contributed by atoms with Gasteiger partial charge in [0, 0.05) is 11.6 Å². The van der Waals surface area contributed by atoms with Crippen LogP contribution >= 0.6 is 11.6 Å². The van der Waals surface area contributed by atoms with Gasteiger partial charge in [-0.05, 0) is 37.0 Å². The van der Waals surface area contributed by atoms with Crippen molar-refractivity contribution >= 4 is 17.5 Å². The molecule has 0 heterocycles. The van der Waals surface area contributed by atoms with E-state index in [-0.39, 0.29) is 17.2 Å². The molecule has 1 aromatic carbocycles. The Hall–Kier alpha value is -1.22. The number of hydrogen-bond donors (Lipinski definition) is 2. The molecule has 0 aromatic heterocycles. The van der Waals surface area contributed by atoms with Crippen LogP contribution in [0.3, 0.4) is 0 Å². The monoisotopic (exact) mass is 253 g/mol. The number of hydrogen-bond acceptors (Lipinski definition) is 2. The molecule has 1 fully saturated rings. The number of benzene rings is 1. The lowest BCUT2D eigenvalue weighted by atomic mass is 10.2. The fraction of sp³-hybridized carbons (Fsp3) is 0.462. The number of amides is 1. The van der Waals surface area contributed by atoms with E-state index in [0.29, 0.717) is 11.6 Å². The van der Waals surface area contributed by atoms with Gasteiger partial charge in [-0.25, -0.2) is 0 Å². The predicted octanol–water partition coefficient (Wildman–Crippen LogP) is 2.97. The van der Waals surface area contributed by atoms with E-state index >= 15 is 0 Å². The second-order valence-electron chi connectivity index (χ2n) is 4.50. The molecule has 0 aliphatic heterocycles. The van der Waals surface area contributed by atoms with Crippen LogP contribution in [0.1, 0.15) is 36.0 Å². The van der Waals surface area contributed by atoms with Crippen molar-refractivity contribution in [3.05, 3.63) is 28.8 Å². The fourth-order valence-corrected chi connectivity index (χ4v) is 1.96. The Balaban J connectivity index is 1.81. The van der Waals surface area contributed by atoms with E-state index < -0.39 is 0 Å². The van der Waals surface area contributed by atoms with Gasteiger partial charge in [0.15, 0.2) is 0 Å². The van der Waals surface area contributed by atoms with Crippen LogP contribution in [0.5, 0.6) is 5.75 Å². The van der Waals surface area contributed by atoms with Gasteiger partial charge in [-0.3, -0.25) is 4.79 Å². The molecular weight excluding hydrogens is 238 g/mol. The van der Waals surface area contributed by atoms with Crippen LogP contribution in [0.15, 0.2) is 18.2 Å². The van der Waals surface area contributed by atoms with Gasteiger partial charge in [-0.15, -0.1) is 0 Å². The van der Waals surface area contributed by atoms with Crippen molar-refractivity contribution in [1.29, 1.82) is 0 Å². The minimum atomic E-state index is -0.241. The topological polar surface area (TPSA) is 49.3 Å². The van der Waals surface area contributed by atoms with E-state index in [1.807, 2.05) is 0 Å². The third-order valence-electron chi connectivity index (χ3n) is 2.98. The van der Waals surface area contributed by atoms with Gasteiger partial charge in [0.2, 0.25) is 0 Å². The summed E-state index contributed by atoms with van der Waals surface area (Å²) < 4.78 is 0. The molecule has 2 rings (SSSR count). The number of rotatable bonds is 5. The highest BCUT2D eigenvalue weighted by atomic mass is 35.5. The second-order valence-corrected chi connectivity index (χ2v) is 4.94. The highest BCUT2D eigenvalue weighted by Crippen LogP contribution is 2.33. The van der Waals surface area contributed by atoms with Gasteiger partial charge in [-0.2, -0.15) is 0 Å². The Morgan fingerprint density at radius 3 is 2.88 bits per heavy atom. The molecule has 1 aliphatic carbocycles. The Morgan fingerprint density at radius 1 is 1.47 bits per heavy atom. The summed E-state index contributed by atoms with van der Waals surface area (Å²) in [5.74, 6) is 0.572. The maximum atomic E-state index is 11.7. The molecule has 0 radical (unpaired) electrons. The van der Waals surface area contributed by atoms with E-state index in [1.54, 1.807) is 6.07 Å². The smallest absolute Gasteiger partial charge is 0.255 e. The third kappa shape index (κ3) is 3.63. The summed E-state index contributed by atoms with van der Waals surface area (Å²) in [7, 11) is 0. The Kier molecular flexibility index (Phi) is 3.89. The predicted molar refractivity (Wildman–Crippen MR) is 67.4 cm³/mol. The highest BCUT2D eigenvalue weighted by molar-refractivity contribution is 6.30. The molecule has 0 unspecified atom stereocenters. The summed E-state index contributed by atoms with van der Waals surface area (Å²) in [5.41, 5.74) is 0.279. The van der Waals surface area contributed by atoms with E-state index in [2.05, 4.69) is 5.32 Å². The zero-order valence-corrected chi connectivity index (χ0v) is 10.3. The van der Waals surface area contributed by atoms with E-state index in [4.69, 9.17) is 11.6 Å². The van der Waals surface area contributed by atoms with Crippen LogP contribution in [0.25, 0.3) is 0 Å². The third-order valence-corrected chi connectivity index (χ3v) is 3.21. The number of nitrogens with one attached hydrogen (secondary N) is 1. The van der Waals surface area contributed by atoms with Crippen molar-refractivity contribution in [2.24, 2.45) is 5.92 Å². The van der Waals surface area contributed by atoms with Gasteiger partial charge in [0.05, 0.1) is 5.56 Å². The van der Waals surface area contributed by atoms with Crippen molar-refractivity contribution in [1.82, 2.24) is 5.32 Å². The number of phenols is 1. The number of phenolic OH excluding ortho intramolecular Hbond substituents is 1. The van der Waals surface area contributed by atoms with E-state index in [1.165, 1.54) is 31.4 Å². The lowest BCUT2D eigenvalue weighted by molar-refractivity contribution is 0.0950. The van der Waals surface area contributed by atoms with Crippen LogP contribution in [-0.2, 0) is 0 Å². The lowest BCUT2D eigenvalue weighted by Crippen LogP contribution is -2.24. The minimum absolute atomic E-state index is 0.0720. The zero-order valence-electron chi connectivity index (χ0n) is 9.58. The molecule has 17 heavy (non-hydrogen) atoms. The Morgan fingerprint density at radius 2 is 2.24 bits per heavy atom. The summed E-state index contributed by atoms with van der Waals surface area (Å²) >= 11 is 5.70. The maximum absolute atomic E-state index is 11.7. The normalized spacial score (nSPS) is 14.6. The van der Waals surface area contributed by atoms with Crippen LogP contribution < -0.4 is 5.32 Å². The first kappa shape index (κ1) is 12.2. The van der Waals surface area contributed by atoms with E-state index in [9.17, 15) is 9.90 Å². The summed E-state index contributed by atoms with van der Waals surface area (Å²) in [5, 5.41) is 12.8. The van der Waals surface area contributed by atoms with Crippen molar-refractivity contribution in [3.8, 4) is 5.75 Å². The fourth-order valence-electron chi connectivity index (χ4n) is 1.79. The first-order chi connectivity index (χ1) is 8.16. The second kappa shape index (κ2) is 5.41. The van der Waals surface area contributed by atoms with Crippen molar-refractivity contribution in [3.63, 3.8) is 0 Å². The molecule has 1 saturated carbocycles. The summed E-state index contributed by atoms with van der Waals surface area (Å²) in [6, 6.07) is 4.51. The average Bonchev–Trinajstić information content (AvgIpc) is 3.08. The van der Waals surface area contributed by atoms with Crippen molar-refractivity contribution in [2.75, 3.05) is 6.54 Å². The molecule has 92 valence electrons. The molecule has 1 aromatic rings. The van der Waals surface area contributed by atoms with Gasteiger partial charge in [-0.1, -0.05) is 24.4 Å². The van der Waals surface area contributed by atoms with Crippen molar-refractivity contribution in [2.45, 2.75) is 25.7 Å². The molecule has 0 atom stereocenters. The zero-order chi connectivity index (χ0) is 12.3. The van der Waals surface area contributed by atoms with Gasteiger partial charge < -0.3 is 10.4 Å². The van der Waals surface area contributed by atoms with Crippen LogP contribution in [0, 0.1) is 5.92 Å². The molecule has 0 spiro atoms. The highest BCUT2D eigenvalue weighted by Gasteiger charge is 2.20. The lowest BCUT2D eigenvalue weighted by Gasteiger charge is -2.06. The standard InChI is InChI=1S/C13H16ClNO2/c14-10-5-6-11(12(16)8-10)13(17)15-7-1-2-9-3-4-9/h5-6,8-9,16H,1-4,7H2,(H,15,17). The number of carbonyl (C=O) groups is 1. The Bertz CT molecular complexity index is 416. The SMILES string of the molecule is O=C(NCCCC1CC1)c1ccc(Cl)cc1O. The van der Waals surface area contributed by atoms with Crippen LogP contribution in [-0.4, -0.2) is 17.6 Å². The van der Waals surface area contributed by atoms with Gasteiger partial charge in [0.25, 0.3) is 5.91 Å². The summed E-state index contributed by atoms with van der Waals surface area (Å²) in [4.78, 5) is 11.7. The molecule has 1 aliphatic rings. The summed E-state index contributed by atoms with van der Waals surface area (Å²) in [6.07, 6.45) is 4.87. The van der Waals surface area contributed by atoms with Crippen LogP contribution in [0.2, 0.25) is 5.02 Å². The average molecular weight is 254 g/mol. The minimum Gasteiger partial charge on any atom is -0.507 e. The summed E-state index contributed by atoms with van der Waals surface area (Å²) in [6.45, 7) is 0.664. The Labute approximate surface area is 106 Å². The van der Waals surface area contributed by atoms with Gasteiger partial charge in [0.1, 0.15) is 5.75 Å². The number of halogens is 1. The quantitative estimate of drug-likeness (QED) is 0.793. The van der Waals surface area contributed by atoms with Crippen LogP contribution in [0.4, 0.5) is 0 Å². The largest absolute Gasteiger partial charge is 0.507 e. The maximum Gasteiger partial charge on any atom is 0.255 e. The first-order valence-electron chi connectivity index (χ1n) is 5.93. The molecule has 2 N–H and O–H groups in total. The van der Waals surface area contributed by atoms with E-state index in [0.717, 1.165) is 12.3 Å². The molecule has 3 nitrogen and oxygen atoms in total. The molecule has 1 amide bonds. The number of aromatic hydroxyl groups is 1. The molecular formula is C13H16ClNO2. The molecule has 0 bridgehead atoms. The van der Waals surface area contributed by atoms with Crippen molar-refractivity contribution < 1.29 is 9.90 Å². The first-order valence-corrected chi connectivity index (χ1v) is 6.31. The molecule has 0 saturated heterocycles.